The molecule has 9 aromatic rings. The number of nitrogens with zero attached hydrogens (tertiary/aromatic N) is 3. The van der Waals surface area contributed by atoms with E-state index in [9.17, 15) is 10.5 Å². The summed E-state index contributed by atoms with van der Waals surface area (Å²) in [5.74, 6) is 0. The molecule has 0 unspecified atom stereocenters. The van der Waals surface area contributed by atoms with Crippen LogP contribution in [0.3, 0.4) is 0 Å². The lowest BCUT2D eigenvalue weighted by Crippen LogP contribution is -1.98. The molecule has 8 aromatic carbocycles. The molecule has 3 nitrogen and oxygen atoms in total. The van der Waals surface area contributed by atoms with E-state index in [4.69, 9.17) is 0 Å². The Balaban J connectivity index is 1.22. The van der Waals surface area contributed by atoms with Gasteiger partial charge in [0.15, 0.2) is 0 Å². The first-order chi connectivity index (χ1) is 24.2. The number of para-hydroxylation sites is 2. The molecule has 0 fully saturated rings. The third kappa shape index (κ3) is 4.42. The summed E-state index contributed by atoms with van der Waals surface area (Å²) in [6.45, 7) is 0. The molecule has 0 amide bonds. The zero-order valence-corrected chi connectivity index (χ0v) is 26.4. The lowest BCUT2D eigenvalue weighted by Gasteiger charge is -2.18. The fourth-order valence-electron chi connectivity index (χ4n) is 7.55. The van der Waals surface area contributed by atoms with Crippen molar-refractivity contribution in [2.24, 2.45) is 0 Å². The maximum absolute atomic E-state index is 10.6. The Morgan fingerprint density at radius 3 is 1.37 bits per heavy atom. The number of benzene rings is 8. The summed E-state index contributed by atoms with van der Waals surface area (Å²) in [6, 6.07) is 61.2. The second-order valence-corrected chi connectivity index (χ2v) is 12.3. The Morgan fingerprint density at radius 1 is 0.367 bits per heavy atom. The van der Waals surface area contributed by atoms with Gasteiger partial charge in [0.2, 0.25) is 0 Å². The van der Waals surface area contributed by atoms with Gasteiger partial charge in [0.1, 0.15) is 6.07 Å². The molecule has 3 heteroatoms. The van der Waals surface area contributed by atoms with Crippen molar-refractivity contribution >= 4 is 43.4 Å². The lowest BCUT2D eigenvalue weighted by molar-refractivity contribution is 1.17. The third-order valence-corrected chi connectivity index (χ3v) is 9.67. The standard InChI is InChI=1S/C46H27N3/c47-28-33-26-31(32-23-25-42(34(27-32)29-48)49-43-20-10-8-14-36(43)37-15-9-11-21-44(37)49)22-24-35(33)46-40-18-6-4-16-38(40)45(30-12-2-1-3-13-30)39-17-5-7-19-41(39)46/h1-27H. The van der Waals surface area contributed by atoms with Crippen molar-refractivity contribution in [3.8, 4) is 51.2 Å². The summed E-state index contributed by atoms with van der Waals surface area (Å²) >= 11 is 0. The van der Waals surface area contributed by atoms with Crippen LogP contribution in [-0.4, -0.2) is 4.57 Å². The van der Waals surface area contributed by atoms with E-state index >= 15 is 0 Å². The highest BCUT2D eigenvalue weighted by Gasteiger charge is 2.20. The molecule has 0 bridgehead atoms. The minimum Gasteiger partial charge on any atom is -0.308 e. The van der Waals surface area contributed by atoms with Gasteiger partial charge < -0.3 is 4.57 Å². The Labute approximate surface area is 283 Å². The zero-order valence-electron chi connectivity index (χ0n) is 26.4. The fraction of sp³-hybridized carbons (Fsp3) is 0. The van der Waals surface area contributed by atoms with Gasteiger partial charge in [0, 0.05) is 16.3 Å². The van der Waals surface area contributed by atoms with Gasteiger partial charge in [-0.1, -0.05) is 133 Å². The SMILES string of the molecule is N#Cc1cc(-c2ccc(-n3c4ccccc4c4ccccc43)c(C#N)c2)ccc1-c1c2ccccc2c(-c2ccccc2)c2ccccc12. The smallest absolute Gasteiger partial charge is 0.101 e. The average Bonchev–Trinajstić information content (AvgIpc) is 3.51. The zero-order chi connectivity index (χ0) is 32.9. The second-order valence-electron chi connectivity index (χ2n) is 12.3. The van der Waals surface area contributed by atoms with Gasteiger partial charge in [-0.15, -0.1) is 0 Å². The third-order valence-electron chi connectivity index (χ3n) is 9.67. The van der Waals surface area contributed by atoms with Gasteiger partial charge in [-0.2, -0.15) is 10.5 Å². The molecule has 1 aromatic heterocycles. The number of fused-ring (bicyclic) bond motifs is 5. The summed E-state index contributed by atoms with van der Waals surface area (Å²) in [6.07, 6.45) is 0. The Bertz CT molecular complexity index is 2740. The summed E-state index contributed by atoms with van der Waals surface area (Å²) < 4.78 is 2.17. The van der Waals surface area contributed by atoms with Crippen LogP contribution in [0.15, 0.2) is 164 Å². The number of nitriles is 2. The van der Waals surface area contributed by atoms with E-state index in [0.29, 0.717) is 11.1 Å². The molecular weight excluding hydrogens is 595 g/mol. The van der Waals surface area contributed by atoms with Crippen molar-refractivity contribution in [2.75, 3.05) is 0 Å². The quantitative estimate of drug-likeness (QED) is 0.184. The first-order valence-electron chi connectivity index (χ1n) is 16.3. The molecule has 0 aliphatic heterocycles. The molecule has 226 valence electrons. The molecule has 0 spiro atoms. The van der Waals surface area contributed by atoms with Gasteiger partial charge in [-0.25, -0.2) is 0 Å². The second kappa shape index (κ2) is 11.4. The van der Waals surface area contributed by atoms with E-state index in [-0.39, 0.29) is 0 Å². The topological polar surface area (TPSA) is 52.5 Å². The molecule has 9 rings (SSSR count). The maximum atomic E-state index is 10.6. The van der Waals surface area contributed by atoms with E-state index in [0.717, 1.165) is 76.9 Å². The monoisotopic (exact) mass is 621 g/mol. The Kier molecular flexibility index (Phi) is 6.58. The highest BCUT2D eigenvalue weighted by Crippen LogP contribution is 2.45. The van der Waals surface area contributed by atoms with Crippen LogP contribution >= 0.6 is 0 Å². The van der Waals surface area contributed by atoms with Crippen LogP contribution in [-0.2, 0) is 0 Å². The Morgan fingerprint density at radius 2 is 0.816 bits per heavy atom. The molecule has 0 N–H and O–H groups in total. The maximum Gasteiger partial charge on any atom is 0.101 e. The Hall–Kier alpha value is -6.94. The van der Waals surface area contributed by atoms with Crippen molar-refractivity contribution in [2.45, 2.75) is 0 Å². The molecule has 0 aliphatic carbocycles. The van der Waals surface area contributed by atoms with Gasteiger partial charge in [-0.3, -0.25) is 0 Å². The fourth-order valence-corrected chi connectivity index (χ4v) is 7.55. The molecule has 0 aliphatic rings. The van der Waals surface area contributed by atoms with E-state index in [2.05, 4.69) is 132 Å². The van der Waals surface area contributed by atoms with Crippen molar-refractivity contribution in [1.29, 1.82) is 10.5 Å². The van der Waals surface area contributed by atoms with Crippen molar-refractivity contribution in [3.63, 3.8) is 0 Å². The van der Waals surface area contributed by atoms with Gasteiger partial charge >= 0.3 is 0 Å². The molecule has 0 saturated carbocycles. The first kappa shape index (κ1) is 28.3. The van der Waals surface area contributed by atoms with Gasteiger partial charge in [0.05, 0.1) is 33.9 Å². The van der Waals surface area contributed by atoms with Crippen LogP contribution in [0.25, 0.3) is 82.4 Å². The molecule has 0 atom stereocenters. The normalized spacial score (nSPS) is 11.2. The lowest BCUT2D eigenvalue weighted by atomic mass is 9.84. The van der Waals surface area contributed by atoms with Crippen LogP contribution in [0.5, 0.6) is 0 Å². The van der Waals surface area contributed by atoms with Crippen LogP contribution in [0.4, 0.5) is 0 Å². The predicted molar refractivity (Wildman–Crippen MR) is 202 cm³/mol. The van der Waals surface area contributed by atoms with Gasteiger partial charge in [0.25, 0.3) is 0 Å². The highest BCUT2D eigenvalue weighted by atomic mass is 15.0. The molecule has 49 heavy (non-hydrogen) atoms. The summed E-state index contributed by atoms with van der Waals surface area (Å²) in [7, 11) is 0. The summed E-state index contributed by atoms with van der Waals surface area (Å²) in [4.78, 5) is 0. The number of hydrogen-bond acceptors (Lipinski definition) is 2. The van der Waals surface area contributed by atoms with Crippen molar-refractivity contribution in [3.05, 3.63) is 175 Å². The van der Waals surface area contributed by atoms with Crippen LogP contribution in [0, 0.1) is 22.7 Å². The van der Waals surface area contributed by atoms with Crippen molar-refractivity contribution in [1.82, 2.24) is 4.57 Å². The molecule has 0 radical (unpaired) electrons. The molecular formula is C46H27N3. The highest BCUT2D eigenvalue weighted by molar-refractivity contribution is 6.21. The molecule has 0 saturated heterocycles. The predicted octanol–water partition coefficient (Wildman–Crippen LogP) is 11.8. The first-order valence-corrected chi connectivity index (χ1v) is 16.3. The van der Waals surface area contributed by atoms with E-state index in [1.165, 1.54) is 5.56 Å². The van der Waals surface area contributed by atoms with Crippen LogP contribution < -0.4 is 0 Å². The largest absolute Gasteiger partial charge is 0.308 e. The number of hydrogen-bond donors (Lipinski definition) is 0. The number of rotatable bonds is 4. The van der Waals surface area contributed by atoms with Gasteiger partial charge in [-0.05, 0) is 79.7 Å². The molecule has 1 heterocycles. The van der Waals surface area contributed by atoms with E-state index < -0.39 is 0 Å². The van der Waals surface area contributed by atoms with E-state index in [1.807, 2.05) is 48.5 Å². The van der Waals surface area contributed by atoms with E-state index in [1.54, 1.807) is 0 Å². The summed E-state index contributed by atoms with van der Waals surface area (Å²) in [5, 5.41) is 27.8. The van der Waals surface area contributed by atoms with Crippen LogP contribution in [0.1, 0.15) is 11.1 Å². The van der Waals surface area contributed by atoms with Crippen molar-refractivity contribution < 1.29 is 0 Å². The minimum atomic E-state index is 0.570. The summed E-state index contributed by atoms with van der Waals surface area (Å²) in [5.41, 5.74) is 10.2. The minimum absolute atomic E-state index is 0.570. The average molecular weight is 622 g/mol. The van der Waals surface area contributed by atoms with Crippen LogP contribution in [0.2, 0.25) is 0 Å². The number of aromatic nitrogens is 1.